The number of benzene rings is 3. The Hall–Kier alpha value is -5.05. The predicted molar refractivity (Wildman–Crippen MR) is 149 cm³/mol. The summed E-state index contributed by atoms with van der Waals surface area (Å²) in [4.78, 5) is 39.7. The summed E-state index contributed by atoms with van der Waals surface area (Å²) in [7, 11) is 1.51. The number of barbiturate groups is 1. The lowest BCUT2D eigenvalue weighted by atomic mass is 10.0. The zero-order valence-corrected chi connectivity index (χ0v) is 22.4. The fraction of sp³-hybridized carbons (Fsp3) is 0.194. The monoisotopic (exact) mass is 540 g/mol. The molecule has 5 rings (SSSR count). The highest BCUT2D eigenvalue weighted by Crippen LogP contribution is 2.37. The van der Waals surface area contributed by atoms with Crippen molar-refractivity contribution in [2.24, 2.45) is 0 Å². The average Bonchev–Trinajstić information content (AvgIpc) is 3.40. The molecule has 4 amide bonds. The Balaban J connectivity index is 1.46. The van der Waals surface area contributed by atoms with Crippen molar-refractivity contribution in [1.29, 1.82) is 0 Å². The van der Waals surface area contributed by atoms with Crippen LogP contribution in [0.5, 0.6) is 23.0 Å². The lowest BCUT2D eigenvalue weighted by Crippen LogP contribution is -2.54. The van der Waals surface area contributed by atoms with E-state index in [2.05, 4.69) is 11.9 Å². The summed E-state index contributed by atoms with van der Waals surface area (Å²) in [6, 6.07) is 13.5. The molecule has 0 aromatic heterocycles. The van der Waals surface area contributed by atoms with E-state index in [4.69, 9.17) is 18.9 Å². The van der Waals surface area contributed by atoms with Crippen molar-refractivity contribution in [3.8, 4) is 23.0 Å². The summed E-state index contributed by atoms with van der Waals surface area (Å²) in [5.74, 6) is 0.772. The van der Waals surface area contributed by atoms with E-state index < -0.39 is 17.8 Å². The topological polar surface area (TPSA) is 103 Å². The number of hydrogen-bond donors (Lipinski definition) is 1. The number of imide groups is 2. The molecule has 9 heteroatoms. The molecule has 204 valence electrons. The van der Waals surface area contributed by atoms with Gasteiger partial charge in [-0.25, -0.2) is 9.69 Å². The smallest absolute Gasteiger partial charge is 0.335 e. The number of amides is 4. The van der Waals surface area contributed by atoms with Gasteiger partial charge in [0.2, 0.25) is 6.79 Å². The predicted octanol–water partition coefficient (Wildman–Crippen LogP) is 5.01. The number of nitrogens with one attached hydrogen (secondary N) is 1. The third-order valence-electron chi connectivity index (χ3n) is 6.72. The van der Waals surface area contributed by atoms with Crippen molar-refractivity contribution in [2.75, 3.05) is 18.8 Å². The highest BCUT2D eigenvalue weighted by molar-refractivity contribution is 6.39. The summed E-state index contributed by atoms with van der Waals surface area (Å²) in [5.41, 5.74) is 4.27. The normalized spacial score (nSPS) is 15.3. The lowest BCUT2D eigenvalue weighted by molar-refractivity contribution is -0.122. The second-order valence-electron chi connectivity index (χ2n) is 9.41. The number of rotatable bonds is 8. The molecule has 2 aliphatic rings. The van der Waals surface area contributed by atoms with Crippen LogP contribution in [-0.4, -0.2) is 31.7 Å². The van der Waals surface area contributed by atoms with Crippen molar-refractivity contribution >= 4 is 29.6 Å². The Kier molecular flexibility index (Phi) is 7.29. The first-order valence-corrected chi connectivity index (χ1v) is 12.6. The van der Waals surface area contributed by atoms with Gasteiger partial charge in [-0.2, -0.15) is 0 Å². The van der Waals surface area contributed by atoms with Crippen LogP contribution in [0.1, 0.15) is 27.8 Å². The van der Waals surface area contributed by atoms with Crippen LogP contribution >= 0.6 is 0 Å². The molecule has 0 unspecified atom stereocenters. The van der Waals surface area contributed by atoms with Crippen LogP contribution in [0.15, 0.2) is 66.8 Å². The molecule has 0 spiro atoms. The van der Waals surface area contributed by atoms with Crippen LogP contribution < -0.4 is 29.2 Å². The SMILES string of the molecule is C=CCc1cc(/C=C2\C(=O)NC(=O)N(c3ccc(C)c(C)c3)C2=O)cc(OC)c1OCc1ccc2c(c1)OCO2. The zero-order chi connectivity index (χ0) is 28.4. The Morgan fingerprint density at radius 2 is 1.80 bits per heavy atom. The van der Waals surface area contributed by atoms with Gasteiger partial charge in [-0.15, -0.1) is 6.58 Å². The fourth-order valence-electron chi connectivity index (χ4n) is 4.50. The number of anilines is 1. The van der Waals surface area contributed by atoms with Crippen LogP contribution in [0.2, 0.25) is 0 Å². The first-order valence-electron chi connectivity index (χ1n) is 12.6. The average molecular weight is 541 g/mol. The van der Waals surface area contributed by atoms with Crippen LogP contribution in [0.3, 0.4) is 0 Å². The third kappa shape index (κ3) is 5.13. The molecule has 9 nitrogen and oxygen atoms in total. The Morgan fingerprint density at radius 1 is 1.00 bits per heavy atom. The van der Waals surface area contributed by atoms with Crippen LogP contribution in [0.4, 0.5) is 10.5 Å². The minimum atomic E-state index is -0.799. The van der Waals surface area contributed by atoms with Gasteiger partial charge in [-0.1, -0.05) is 18.2 Å². The molecule has 1 N–H and O–H groups in total. The first kappa shape index (κ1) is 26.6. The van der Waals surface area contributed by atoms with E-state index in [1.807, 2.05) is 38.1 Å². The van der Waals surface area contributed by atoms with Gasteiger partial charge in [-0.3, -0.25) is 14.9 Å². The number of carbonyl (C=O) groups excluding carboxylic acids is 3. The minimum absolute atomic E-state index is 0.182. The molecule has 3 aromatic rings. The molecule has 40 heavy (non-hydrogen) atoms. The fourth-order valence-corrected chi connectivity index (χ4v) is 4.50. The number of hydrogen-bond acceptors (Lipinski definition) is 7. The molecule has 0 aliphatic carbocycles. The Morgan fingerprint density at radius 3 is 2.55 bits per heavy atom. The van der Waals surface area contributed by atoms with E-state index in [0.717, 1.165) is 27.2 Å². The molecule has 2 aliphatic heterocycles. The van der Waals surface area contributed by atoms with Crippen molar-refractivity contribution in [1.82, 2.24) is 5.32 Å². The van der Waals surface area contributed by atoms with E-state index in [1.54, 1.807) is 30.3 Å². The highest BCUT2D eigenvalue weighted by atomic mass is 16.7. The quantitative estimate of drug-likeness (QED) is 0.243. The van der Waals surface area contributed by atoms with E-state index in [1.165, 1.54) is 13.2 Å². The number of nitrogens with zero attached hydrogens (tertiary/aromatic N) is 1. The second kappa shape index (κ2) is 11.0. The van der Waals surface area contributed by atoms with Gasteiger partial charge in [0, 0.05) is 5.56 Å². The third-order valence-corrected chi connectivity index (χ3v) is 6.72. The van der Waals surface area contributed by atoms with Crippen LogP contribution in [-0.2, 0) is 22.6 Å². The number of fused-ring (bicyclic) bond motifs is 1. The number of urea groups is 1. The van der Waals surface area contributed by atoms with Gasteiger partial charge < -0.3 is 18.9 Å². The largest absolute Gasteiger partial charge is 0.493 e. The van der Waals surface area contributed by atoms with Gasteiger partial charge in [0.25, 0.3) is 11.8 Å². The van der Waals surface area contributed by atoms with Gasteiger partial charge in [-0.05, 0) is 85.0 Å². The summed E-state index contributed by atoms with van der Waals surface area (Å²) < 4.78 is 22.6. The summed E-state index contributed by atoms with van der Waals surface area (Å²) in [6.45, 7) is 8.09. The van der Waals surface area contributed by atoms with Gasteiger partial charge in [0.1, 0.15) is 12.2 Å². The lowest BCUT2D eigenvalue weighted by Gasteiger charge is -2.27. The minimum Gasteiger partial charge on any atom is -0.493 e. The summed E-state index contributed by atoms with van der Waals surface area (Å²) in [5, 5.41) is 2.27. The molecule has 1 saturated heterocycles. The van der Waals surface area contributed by atoms with Crippen molar-refractivity contribution in [3.63, 3.8) is 0 Å². The number of aryl methyl sites for hydroxylation is 2. The van der Waals surface area contributed by atoms with Gasteiger partial charge in [0.15, 0.2) is 23.0 Å². The number of carbonyl (C=O) groups is 3. The second-order valence-corrected chi connectivity index (χ2v) is 9.41. The molecule has 0 bridgehead atoms. The number of allylic oxidation sites excluding steroid dienone is 1. The van der Waals surface area contributed by atoms with E-state index in [-0.39, 0.29) is 19.0 Å². The number of ether oxygens (including phenoxy) is 4. The van der Waals surface area contributed by atoms with E-state index in [9.17, 15) is 14.4 Å². The van der Waals surface area contributed by atoms with Crippen LogP contribution in [0, 0.1) is 13.8 Å². The summed E-state index contributed by atoms with van der Waals surface area (Å²) >= 11 is 0. The van der Waals surface area contributed by atoms with Gasteiger partial charge >= 0.3 is 6.03 Å². The first-order chi connectivity index (χ1) is 19.3. The van der Waals surface area contributed by atoms with Gasteiger partial charge in [0.05, 0.1) is 12.8 Å². The molecule has 3 aromatic carbocycles. The Labute approximate surface area is 231 Å². The van der Waals surface area contributed by atoms with Crippen molar-refractivity contribution in [2.45, 2.75) is 26.9 Å². The van der Waals surface area contributed by atoms with E-state index in [0.29, 0.717) is 40.7 Å². The molecular weight excluding hydrogens is 512 g/mol. The maximum absolute atomic E-state index is 13.4. The van der Waals surface area contributed by atoms with Crippen molar-refractivity contribution < 1.29 is 33.3 Å². The highest BCUT2D eigenvalue weighted by Gasteiger charge is 2.37. The zero-order valence-electron chi connectivity index (χ0n) is 22.4. The van der Waals surface area contributed by atoms with E-state index >= 15 is 0 Å². The van der Waals surface area contributed by atoms with Crippen LogP contribution in [0.25, 0.3) is 6.08 Å². The molecule has 0 radical (unpaired) electrons. The molecular formula is C31H28N2O7. The maximum atomic E-state index is 13.4. The van der Waals surface area contributed by atoms with Crippen molar-refractivity contribution in [3.05, 3.63) is 94.6 Å². The molecule has 0 saturated carbocycles. The molecule has 1 fully saturated rings. The molecule has 0 atom stereocenters. The maximum Gasteiger partial charge on any atom is 0.335 e. The number of methoxy groups -OCH3 is 1. The summed E-state index contributed by atoms with van der Waals surface area (Å²) in [6.07, 6.45) is 3.60. The standard InChI is InChI=1S/C31H28N2O7/c1-5-6-22-12-21(15-27(37-4)28(22)38-16-20-8-10-25-26(14-20)40-17-39-25)13-24-29(34)32-31(36)33(30(24)35)23-9-7-18(2)19(3)11-23/h5,7-15H,1,6,16-17H2,2-4H3,(H,32,34,36)/b24-13+. The molecule has 2 heterocycles. The Bertz CT molecular complexity index is 1570.